The van der Waals surface area contributed by atoms with Crippen LogP contribution in [-0.2, 0) is 12.6 Å². The Hall–Kier alpha value is -1.37. The number of hydrogen-bond acceptors (Lipinski definition) is 3. The van der Waals surface area contributed by atoms with Crippen LogP contribution in [0.1, 0.15) is 24.0 Å². The maximum absolute atomic E-state index is 12.7. The molecule has 0 spiro atoms. The van der Waals surface area contributed by atoms with Crippen LogP contribution in [0.2, 0.25) is 5.15 Å². The Labute approximate surface area is 99.4 Å². The van der Waals surface area contributed by atoms with Crippen LogP contribution in [0.3, 0.4) is 0 Å². The topological polar surface area (TPSA) is 43.1 Å². The first-order valence-corrected chi connectivity index (χ1v) is 5.21. The van der Waals surface area contributed by atoms with Gasteiger partial charge in [0, 0.05) is 12.0 Å². The number of aromatic nitrogens is 4. The van der Waals surface area contributed by atoms with Crippen LogP contribution in [-0.4, -0.2) is 19.6 Å². The van der Waals surface area contributed by atoms with Crippen molar-refractivity contribution < 1.29 is 13.2 Å². The first-order chi connectivity index (χ1) is 7.84. The number of halogens is 4. The van der Waals surface area contributed by atoms with Crippen molar-refractivity contribution in [2.45, 2.75) is 26.4 Å². The van der Waals surface area contributed by atoms with E-state index in [2.05, 4.69) is 15.1 Å². The lowest BCUT2D eigenvalue weighted by molar-refractivity contribution is -0.141. The van der Waals surface area contributed by atoms with Gasteiger partial charge in [0.1, 0.15) is 5.15 Å². The molecule has 8 heteroatoms. The molecule has 92 valence electrons. The average Bonchev–Trinajstić information content (AvgIpc) is 2.65. The molecule has 2 aromatic rings. The Morgan fingerprint density at radius 3 is 2.47 bits per heavy atom. The highest BCUT2D eigenvalue weighted by Crippen LogP contribution is 2.33. The zero-order valence-electron chi connectivity index (χ0n) is 9.01. The maximum Gasteiger partial charge on any atom is 0.433 e. The van der Waals surface area contributed by atoms with Gasteiger partial charge in [-0.15, -0.1) is 5.10 Å². The summed E-state index contributed by atoms with van der Waals surface area (Å²) in [7, 11) is 0. The zero-order chi connectivity index (χ0) is 12.8. The number of rotatable bonds is 1. The lowest BCUT2D eigenvalue weighted by Crippen LogP contribution is -2.13. The molecular weight excluding hydrogens is 257 g/mol. The molecule has 0 unspecified atom stereocenters. The average molecular weight is 265 g/mol. The van der Waals surface area contributed by atoms with E-state index in [1.54, 1.807) is 6.92 Å². The summed E-state index contributed by atoms with van der Waals surface area (Å²) in [6, 6.07) is 0. The summed E-state index contributed by atoms with van der Waals surface area (Å²) >= 11 is 5.83. The standard InChI is InChI=1S/C9H8ClF3N4/c1-3-5-14-8-15-6(9(11,12)13)4(2)7(10)17(8)16-5/h3H2,1-2H3. The Morgan fingerprint density at radius 2 is 1.94 bits per heavy atom. The van der Waals surface area contributed by atoms with Crippen LogP contribution in [0.5, 0.6) is 0 Å². The molecule has 4 nitrogen and oxygen atoms in total. The Morgan fingerprint density at radius 1 is 1.29 bits per heavy atom. The van der Waals surface area contributed by atoms with Crippen LogP contribution in [0.15, 0.2) is 0 Å². The molecule has 2 rings (SSSR count). The summed E-state index contributed by atoms with van der Waals surface area (Å²) in [5, 5.41) is 3.84. The predicted octanol–water partition coefficient (Wildman–Crippen LogP) is 2.67. The van der Waals surface area contributed by atoms with E-state index >= 15 is 0 Å². The largest absolute Gasteiger partial charge is 0.433 e. The van der Waals surface area contributed by atoms with Crippen molar-refractivity contribution in [3.8, 4) is 0 Å². The predicted molar refractivity (Wildman–Crippen MR) is 54.9 cm³/mol. The molecule has 17 heavy (non-hydrogen) atoms. The molecule has 0 saturated carbocycles. The number of alkyl halides is 3. The summed E-state index contributed by atoms with van der Waals surface area (Å²) in [5.74, 6) is 0.267. The van der Waals surface area contributed by atoms with Gasteiger partial charge < -0.3 is 0 Å². The molecule has 0 amide bonds. The molecule has 2 aromatic heterocycles. The zero-order valence-corrected chi connectivity index (χ0v) is 9.76. The second-order valence-electron chi connectivity index (χ2n) is 3.47. The van der Waals surface area contributed by atoms with Gasteiger partial charge >= 0.3 is 6.18 Å². The number of aryl methyl sites for hydroxylation is 1. The molecular formula is C9H8ClF3N4. The van der Waals surface area contributed by atoms with Gasteiger partial charge in [0.25, 0.3) is 5.78 Å². The van der Waals surface area contributed by atoms with E-state index in [1.807, 2.05) is 0 Å². The lowest BCUT2D eigenvalue weighted by Gasteiger charge is -2.10. The Bertz CT molecular complexity index is 576. The van der Waals surface area contributed by atoms with Crippen molar-refractivity contribution in [3.05, 3.63) is 22.2 Å². The molecule has 2 heterocycles. The van der Waals surface area contributed by atoms with Gasteiger partial charge in [-0.3, -0.25) is 0 Å². The third-order valence-corrected chi connectivity index (χ3v) is 2.72. The van der Waals surface area contributed by atoms with Crippen LogP contribution in [0.25, 0.3) is 5.78 Å². The smallest absolute Gasteiger partial charge is 0.206 e. The monoisotopic (exact) mass is 264 g/mol. The summed E-state index contributed by atoms with van der Waals surface area (Å²) in [5.41, 5.74) is -1.18. The van der Waals surface area contributed by atoms with Crippen molar-refractivity contribution in [3.63, 3.8) is 0 Å². The number of fused-ring (bicyclic) bond motifs is 1. The van der Waals surface area contributed by atoms with E-state index in [9.17, 15) is 13.2 Å². The normalized spacial score (nSPS) is 12.4. The lowest BCUT2D eigenvalue weighted by atomic mass is 10.2. The van der Waals surface area contributed by atoms with Crippen LogP contribution < -0.4 is 0 Å². The first-order valence-electron chi connectivity index (χ1n) is 4.83. The highest BCUT2D eigenvalue weighted by molar-refractivity contribution is 6.30. The van der Waals surface area contributed by atoms with E-state index < -0.39 is 11.9 Å². The fourth-order valence-electron chi connectivity index (χ4n) is 1.42. The minimum atomic E-state index is -4.55. The van der Waals surface area contributed by atoms with Gasteiger partial charge in [-0.05, 0) is 6.92 Å². The van der Waals surface area contributed by atoms with Crippen molar-refractivity contribution in [1.82, 2.24) is 19.6 Å². The second-order valence-corrected chi connectivity index (χ2v) is 3.83. The summed E-state index contributed by atoms with van der Waals surface area (Å²) in [6.45, 7) is 3.05. The molecule has 0 bridgehead atoms. The maximum atomic E-state index is 12.7. The van der Waals surface area contributed by atoms with Crippen LogP contribution >= 0.6 is 11.6 Å². The summed E-state index contributed by atoms with van der Waals surface area (Å²) in [6.07, 6.45) is -4.05. The fourth-order valence-corrected chi connectivity index (χ4v) is 1.62. The van der Waals surface area contributed by atoms with E-state index in [1.165, 1.54) is 6.92 Å². The van der Waals surface area contributed by atoms with Gasteiger partial charge in [-0.2, -0.15) is 22.7 Å². The van der Waals surface area contributed by atoms with Crippen molar-refractivity contribution >= 4 is 17.4 Å². The fraction of sp³-hybridized carbons (Fsp3) is 0.444. The SMILES string of the molecule is CCc1nc2nc(C(F)(F)F)c(C)c(Cl)n2n1. The minimum Gasteiger partial charge on any atom is -0.206 e. The highest BCUT2D eigenvalue weighted by atomic mass is 35.5. The molecule has 0 fully saturated rings. The first kappa shape index (κ1) is 12.1. The van der Waals surface area contributed by atoms with E-state index in [0.717, 1.165) is 4.52 Å². The second kappa shape index (κ2) is 3.83. The Balaban J connectivity index is 2.77. The molecule has 0 aliphatic rings. The third kappa shape index (κ3) is 1.95. The van der Waals surface area contributed by atoms with Crippen LogP contribution in [0.4, 0.5) is 13.2 Å². The summed E-state index contributed by atoms with van der Waals surface area (Å²) in [4.78, 5) is 7.32. The van der Waals surface area contributed by atoms with Crippen molar-refractivity contribution in [2.24, 2.45) is 0 Å². The summed E-state index contributed by atoms with van der Waals surface area (Å²) < 4.78 is 39.1. The number of hydrogen-bond donors (Lipinski definition) is 0. The number of nitrogens with zero attached hydrogens (tertiary/aromatic N) is 4. The molecule has 0 atom stereocenters. The van der Waals surface area contributed by atoms with Crippen molar-refractivity contribution in [2.75, 3.05) is 0 Å². The van der Waals surface area contributed by atoms with Crippen LogP contribution in [0, 0.1) is 6.92 Å². The van der Waals surface area contributed by atoms with Gasteiger partial charge in [0.05, 0.1) is 0 Å². The third-order valence-electron chi connectivity index (χ3n) is 2.28. The minimum absolute atomic E-state index is 0.116. The molecule has 0 saturated heterocycles. The quantitative estimate of drug-likeness (QED) is 0.744. The van der Waals surface area contributed by atoms with Gasteiger partial charge in [-0.25, -0.2) is 4.98 Å². The Kier molecular flexibility index (Phi) is 2.73. The molecule has 0 radical (unpaired) electrons. The molecule has 0 N–H and O–H groups in total. The van der Waals surface area contributed by atoms with E-state index in [-0.39, 0.29) is 16.5 Å². The van der Waals surface area contributed by atoms with Gasteiger partial charge in [0.15, 0.2) is 11.5 Å². The molecule has 0 aliphatic heterocycles. The van der Waals surface area contributed by atoms with Crippen molar-refractivity contribution in [1.29, 1.82) is 0 Å². The molecule has 0 aliphatic carbocycles. The highest BCUT2D eigenvalue weighted by Gasteiger charge is 2.36. The van der Waals surface area contributed by atoms with E-state index in [0.29, 0.717) is 12.2 Å². The van der Waals surface area contributed by atoms with Gasteiger partial charge in [0.2, 0.25) is 0 Å². The molecule has 0 aromatic carbocycles. The van der Waals surface area contributed by atoms with Gasteiger partial charge in [-0.1, -0.05) is 18.5 Å². The van der Waals surface area contributed by atoms with E-state index in [4.69, 9.17) is 11.6 Å².